The zero-order valence-corrected chi connectivity index (χ0v) is 17.5. The summed E-state index contributed by atoms with van der Waals surface area (Å²) in [5.74, 6) is -0.817. The van der Waals surface area contributed by atoms with Crippen LogP contribution >= 0.6 is 0 Å². The normalized spacial score (nSPS) is 10.4. The Labute approximate surface area is 179 Å². The van der Waals surface area contributed by atoms with Crippen molar-refractivity contribution in [1.82, 2.24) is 0 Å². The second-order valence-electron chi connectivity index (χ2n) is 5.61. The van der Waals surface area contributed by atoms with Crippen molar-refractivity contribution in [3.05, 3.63) is 60.7 Å². The van der Waals surface area contributed by atoms with Gasteiger partial charge in [0, 0.05) is 6.42 Å². The van der Waals surface area contributed by atoms with Crippen molar-refractivity contribution in [3.8, 4) is 23.0 Å². The van der Waals surface area contributed by atoms with Crippen molar-refractivity contribution in [2.45, 2.75) is 6.42 Å². The van der Waals surface area contributed by atoms with E-state index in [1.54, 1.807) is 24.3 Å². The van der Waals surface area contributed by atoms with Crippen LogP contribution in [0.2, 0.25) is 0 Å². The number of carbonyl (C=O) groups is 2. The highest BCUT2D eigenvalue weighted by molar-refractivity contribution is 5.93. The summed E-state index contributed by atoms with van der Waals surface area (Å²) in [6.45, 7) is 3.55. The lowest BCUT2D eigenvalue weighted by molar-refractivity contribution is -0.362. The summed E-state index contributed by atoms with van der Waals surface area (Å²) in [4.78, 5) is 43.7. The van der Waals surface area contributed by atoms with E-state index in [2.05, 4.69) is 6.92 Å². The third-order valence-electron chi connectivity index (χ3n) is 3.87. The Morgan fingerprint density at radius 2 is 1.10 bits per heavy atom. The maximum atomic E-state index is 12.3. The lowest BCUT2D eigenvalue weighted by atomic mass is 10.2. The Morgan fingerprint density at radius 3 is 1.42 bits per heavy atom. The lowest BCUT2D eigenvalue weighted by Crippen LogP contribution is -2.16. The van der Waals surface area contributed by atoms with Crippen LogP contribution in [-0.2, 0) is 19.6 Å². The average molecular weight is 434 g/mol. The highest BCUT2D eigenvalue weighted by atomic mass is 17.3. The molecule has 31 heavy (non-hydrogen) atoms. The van der Waals surface area contributed by atoms with E-state index in [9.17, 15) is 9.59 Å². The van der Waals surface area contributed by atoms with Crippen LogP contribution in [-0.4, -0.2) is 40.4 Å². The number of rotatable bonds is 11. The summed E-state index contributed by atoms with van der Waals surface area (Å²) in [5, 5.41) is 0. The minimum atomic E-state index is -0.897. The molecule has 2 radical (unpaired) electrons. The SMILES string of the molecule is [CH2]C[C](OOC(=O)c1cccc(OC)c1OC)OOC(=O)c1cccc(OC)c1OC. The van der Waals surface area contributed by atoms with Crippen LogP contribution in [0.15, 0.2) is 36.4 Å². The first kappa shape index (κ1) is 23.8. The number of para-hydroxylation sites is 2. The second kappa shape index (κ2) is 11.6. The minimum Gasteiger partial charge on any atom is -0.493 e. The molecule has 0 aliphatic rings. The Morgan fingerprint density at radius 1 is 0.677 bits per heavy atom. The zero-order valence-electron chi connectivity index (χ0n) is 17.5. The molecule has 166 valence electrons. The van der Waals surface area contributed by atoms with Gasteiger partial charge < -0.3 is 18.9 Å². The van der Waals surface area contributed by atoms with Gasteiger partial charge in [-0.05, 0) is 31.2 Å². The van der Waals surface area contributed by atoms with Crippen LogP contribution in [0.1, 0.15) is 27.1 Å². The molecule has 0 saturated heterocycles. The van der Waals surface area contributed by atoms with Crippen molar-refractivity contribution in [2.75, 3.05) is 28.4 Å². The molecule has 10 heteroatoms. The van der Waals surface area contributed by atoms with E-state index in [0.29, 0.717) is 11.5 Å². The number of hydrogen-bond acceptors (Lipinski definition) is 10. The Balaban J connectivity index is 1.99. The molecular weight excluding hydrogens is 412 g/mol. The standard InChI is InChI=1S/C21H22O10/c1-6-17(28-30-20(22)13-9-7-11-15(24-2)18(13)26-4)29-31-21(23)14-10-8-12-16(25-3)19(14)27-5/h7-12H,1,6H2,2-5H3. The molecule has 0 unspecified atom stereocenters. The third-order valence-corrected chi connectivity index (χ3v) is 3.87. The molecule has 0 N–H and O–H groups in total. The van der Waals surface area contributed by atoms with E-state index in [1.165, 1.54) is 40.6 Å². The molecule has 0 amide bonds. The number of hydrogen-bond donors (Lipinski definition) is 0. The predicted molar refractivity (Wildman–Crippen MR) is 105 cm³/mol. The number of methoxy groups -OCH3 is 4. The fraction of sp³-hybridized carbons (Fsp3) is 0.238. The summed E-state index contributed by atoms with van der Waals surface area (Å²) in [6.07, 6.45) is -0.518. The first-order valence-electron chi connectivity index (χ1n) is 8.85. The van der Waals surface area contributed by atoms with Gasteiger partial charge in [-0.25, -0.2) is 9.59 Å². The summed E-state index contributed by atoms with van der Waals surface area (Å²) in [7, 11) is 5.60. The van der Waals surface area contributed by atoms with E-state index in [4.69, 9.17) is 38.5 Å². The third kappa shape index (κ3) is 5.77. The van der Waals surface area contributed by atoms with Crippen molar-refractivity contribution in [3.63, 3.8) is 0 Å². The highest BCUT2D eigenvalue weighted by Gasteiger charge is 2.24. The van der Waals surface area contributed by atoms with E-state index in [0.717, 1.165) is 0 Å². The summed E-state index contributed by atoms with van der Waals surface area (Å²) >= 11 is 0. The van der Waals surface area contributed by atoms with Gasteiger partial charge in [-0.3, -0.25) is 9.78 Å². The Hall–Kier alpha value is -3.50. The first-order valence-corrected chi connectivity index (χ1v) is 8.85. The Bertz CT molecular complexity index is 824. The number of benzene rings is 2. The summed E-state index contributed by atoms with van der Waals surface area (Å²) in [5.41, 5.74) is 0.0896. The van der Waals surface area contributed by atoms with Crippen LogP contribution in [0.5, 0.6) is 23.0 Å². The quantitative estimate of drug-likeness (QED) is 0.386. The van der Waals surface area contributed by atoms with Gasteiger partial charge in [0.25, 0.3) is 0 Å². The highest BCUT2D eigenvalue weighted by Crippen LogP contribution is 2.32. The van der Waals surface area contributed by atoms with Crippen molar-refractivity contribution < 1.29 is 48.1 Å². The molecule has 0 bridgehead atoms. The van der Waals surface area contributed by atoms with E-state index in [-0.39, 0.29) is 35.3 Å². The second-order valence-corrected chi connectivity index (χ2v) is 5.61. The van der Waals surface area contributed by atoms with Crippen molar-refractivity contribution in [1.29, 1.82) is 0 Å². The van der Waals surface area contributed by atoms with Crippen molar-refractivity contribution in [2.24, 2.45) is 0 Å². The van der Waals surface area contributed by atoms with E-state index < -0.39 is 11.9 Å². The van der Waals surface area contributed by atoms with Crippen LogP contribution in [0, 0.1) is 13.2 Å². The molecule has 0 atom stereocenters. The molecule has 2 rings (SSSR count). The van der Waals surface area contributed by atoms with Gasteiger partial charge in [-0.1, -0.05) is 12.1 Å². The molecule has 0 aliphatic heterocycles. The van der Waals surface area contributed by atoms with Gasteiger partial charge in [0.2, 0.25) is 0 Å². The van der Waals surface area contributed by atoms with Gasteiger partial charge in [0.05, 0.1) is 28.4 Å². The van der Waals surface area contributed by atoms with Crippen LogP contribution < -0.4 is 18.9 Å². The largest absolute Gasteiger partial charge is 0.493 e. The summed E-state index contributed by atoms with van der Waals surface area (Å²) in [6, 6.07) is 9.27. The topological polar surface area (TPSA) is 108 Å². The van der Waals surface area contributed by atoms with Gasteiger partial charge in [0.15, 0.2) is 23.0 Å². The smallest absolute Gasteiger partial charge is 0.377 e. The molecule has 10 nitrogen and oxygen atoms in total. The fourth-order valence-corrected chi connectivity index (χ4v) is 2.45. The molecule has 0 fully saturated rings. The first-order chi connectivity index (χ1) is 15.0. The minimum absolute atomic E-state index is 0.0448. The maximum absolute atomic E-state index is 12.3. The number of ether oxygens (including phenoxy) is 4. The molecule has 0 saturated carbocycles. The molecule has 2 aromatic carbocycles. The molecule has 0 spiro atoms. The van der Waals surface area contributed by atoms with Gasteiger partial charge in [-0.2, -0.15) is 0 Å². The average Bonchev–Trinajstić information content (AvgIpc) is 2.82. The van der Waals surface area contributed by atoms with E-state index >= 15 is 0 Å². The van der Waals surface area contributed by atoms with Gasteiger partial charge in [-0.15, -0.1) is 9.78 Å². The van der Waals surface area contributed by atoms with E-state index in [1.807, 2.05) is 0 Å². The molecule has 0 aromatic heterocycles. The molecule has 2 aromatic rings. The predicted octanol–water partition coefficient (Wildman–Crippen LogP) is 3.31. The molecule has 0 heterocycles. The maximum Gasteiger partial charge on any atom is 0.377 e. The van der Waals surface area contributed by atoms with Gasteiger partial charge >= 0.3 is 18.2 Å². The van der Waals surface area contributed by atoms with Crippen molar-refractivity contribution >= 4 is 11.9 Å². The van der Waals surface area contributed by atoms with Gasteiger partial charge in [0.1, 0.15) is 11.1 Å². The monoisotopic (exact) mass is 434 g/mol. The fourth-order valence-electron chi connectivity index (χ4n) is 2.45. The summed E-state index contributed by atoms with van der Waals surface area (Å²) < 4.78 is 20.6. The molecular formula is C21H22O10. The van der Waals surface area contributed by atoms with Crippen LogP contribution in [0.25, 0.3) is 0 Å². The number of carbonyl (C=O) groups excluding carboxylic acids is 2. The lowest BCUT2D eigenvalue weighted by Gasteiger charge is -2.14. The molecule has 0 aliphatic carbocycles. The van der Waals surface area contributed by atoms with Crippen LogP contribution in [0.3, 0.4) is 0 Å². The Kier molecular flexibility index (Phi) is 8.92. The zero-order chi connectivity index (χ0) is 22.8. The van der Waals surface area contributed by atoms with Crippen LogP contribution in [0.4, 0.5) is 0 Å².